The van der Waals surface area contributed by atoms with Crippen LogP contribution in [0.5, 0.6) is 0 Å². The number of nitrogens with one attached hydrogen (secondary N) is 1. The smallest absolute Gasteiger partial charge is 0.0489 e. The van der Waals surface area contributed by atoms with E-state index in [0.717, 1.165) is 26.1 Å². The Morgan fingerprint density at radius 3 is 3.09 bits per heavy atom. The predicted octanol–water partition coefficient (Wildman–Crippen LogP) is 4.15. The van der Waals surface area contributed by atoms with Crippen LogP contribution in [0.2, 0.25) is 0 Å². The van der Waals surface area contributed by atoms with E-state index in [4.69, 9.17) is 0 Å². The molecule has 0 bridgehead atoms. The second kappa shape index (κ2) is 6.97. The molecule has 0 radical (unpaired) electrons. The van der Waals surface area contributed by atoms with E-state index >= 15 is 0 Å². The van der Waals surface area contributed by atoms with Gasteiger partial charge in [0.25, 0.3) is 0 Å². The molecule has 1 aliphatic heterocycles. The van der Waals surface area contributed by atoms with Crippen LogP contribution in [-0.2, 0) is 19.5 Å². The van der Waals surface area contributed by atoms with Gasteiger partial charge in [0.2, 0.25) is 0 Å². The largest absolute Gasteiger partial charge is 0.340 e. The Labute approximate surface area is 138 Å². The number of fused-ring (bicyclic) bond motifs is 3. The summed E-state index contributed by atoms with van der Waals surface area (Å²) in [6.45, 7) is 10.7. The first kappa shape index (κ1) is 15.8. The molecule has 3 nitrogen and oxygen atoms in total. The highest BCUT2D eigenvalue weighted by Crippen LogP contribution is 2.30. The van der Waals surface area contributed by atoms with Gasteiger partial charge in [0, 0.05) is 35.9 Å². The lowest BCUT2D eigenvalue weighted by Crippen LogP contribution is -2.11. The second-order valence-electron chi connectivity index (χ2n) is 6.17. The SMILES string of the molecule is C=N/C=C\C(=C/C)Cn1c2c(c3cc(C)ccc31)CNCCC2. The summed E-state index contributed by atoms with van der Waals surface area (Å²) in [5.74, 6) is 0. The maximum absolute atomic E-state index is 3.84. The average Bonchev–Trinajstić information content (AvgIpc) is 2.72. The summed E-state index contributed by atoms with van der Waals surface area (Å²) in [5.41, 5.74) is 6.87. The lowest BCUT2D eigenvalue weighted by Gasteiger charge is -2.11. The van der Waals surface area contributed by atoms with Gasteiger partial charge in [-0.1, -0.05) is 17.7 Å². The van der Waals surface area contributed by atoms with Crippen LogP contribution in [0.4, 0.5) is 0 Å². The quantitative estimate of drug-likeness (QED) is 0.667. The molecular formula is C20H25N3. The van der Waals surface area contributed by atoms with Gasteiger partial charge in [-0.25, -0.2) is 0 Å². The average molecular weight is 307 g/mol. The van der Waals surface area contributed by atoms with Crippen LogP contribution < -0.4 is 5.32 Å². The zero-order valence-electron chi connectivity index (χ0n) is 14.1. The van der Waals surface area contributed by atoms with Crippen molar-refractivity contribution in [2.24, 2.45) is 4.99 Å². The van der Waals surface area contributed by atoms with E-state index < -0.39 is 0 Å². The van der Waals surface area contributed by atoms with E-state index in [1.54, 1.807) is 6.20 Å². The molecule has 120 valence electrons. The summed E-state index contributed by atoms with van der Waals surface area (Å²) in [6, 6.07) is 6.80. The molecule has 0 saturated heterocycles. The zero-order valence-corrected chi connectivity index (χ0v) is 14.1. The number of hydrogen-bond acceptors (Lipinski definition) is 2. The van der Waals surface area contributed by atoms with Gasteiger partial charge in [0.1, 0.15) is 0 Å². The van der Waals surface area contributed by atoms with E-state index in [9.17, 15) is 0 Å². The molecule has 0 fully saturated rings. The van der Waals surface area contributed by atoms with E-state index in [1.807, 2.05) is 6.08 Å². The molecule has 0 amide bonds. The maximum Gasteiger partial charge on any atom is 0.0489 e. The van der Waals surface area contributed by atoms with Crippen molar-refractivity contribution in [2.45, 2.75) is 39.8 Å². The standard InChI is InChI=1S/C20H25N3/c1-4-16(9-11-21-3)14-23-19-6-5-10-22-13-18(19)17-12-15(2)7-8-20(17)23/h4,7-9,11-12,22H,3,5-6,10,13-14H2,1-2H3/b11-9-,16-4+. The fourth-order valence-electron chi connectivity index (χ4n) is 3.42. The van der Waals surface area contributed by atoms with Crippen molar-refractivity contribution in [3.05, 3.63) is 58.9 Å². The summed E-state index contributed by atoms with van der Waals surface area (Å²) >= 11 is 0. The highest BCUT2D eigenvalue weighted by molar-refractivity contribution is 5.86. The van der Waals surface area contributed by atoms with Crippen molar-refractivity contribution < 1.29 is 0 Å². The topological polar surface area (TPSA) is 29.3 Å². The highest BCUT2D eigenvalue weighted by atomic mass is 15.0. The minimum atomic E-state index is 0.886. The maximum atomic E-state index is 3.84. The Kier molecular flexibility index (Phi) is 4.77. The summed E-state index contributed by atoms with van der Waals surface area (Å²) in [5, 5.41) is 4.96. The van der Waals surface area contributed by atoms with E-state index in [1.165, 1.54) is 39.7 Å². The third kappa shape index (κ3) is 3.15. The lowest BCUT2D eigenvalue weighted by molar-refractivity contribution is 0.673. The summed E-state index contributed by atoms with van der Waals surface area (Å²) in [4.78, 5) is 3.84. The van der Waals surface area contributed by atoms with Crippen molar-refractivity contribution in [3.8, 4) is 0 Å². The first-order valence-corrected chi connectivity index (χ1v) is 8.33. The fourth-order valence-corrected chi connectivity index (χ4v) is 3.42. The number of benzene rings is 1. The summed E-state index contributed by atoms with van der Waals surface area (Å²) in [7, 11) is 0. The van der Waals surface area contributed by atoms with Crippen molar-refractivity contribution in [1.82, 2.24) is 9.88 Å². The van der Waals surface area contributed by atoms with Crippen LogP contribution in [0.15, 0.2) is 47.1 Å². The predicted molar refractivity (Wildman–Crippen MR) is 99.1 cm³/mol. The van der Waals surface area contributed by atoms with Gasteiger partial charge in [-0.2, -0.15) is 0 Å². The molecule has 3 heteroatoms. The Morgan fingerprint density at radius 2 is 2.30 bits per heavy atom. The van der Waals surface area contributed by atoms with Gasteiger partial charge in [0.15, 0.2) is 0 Å². The van der Waals surface area contributed by atoms with E-state index in [-0.39, 0.29) is 0 Å². The van der Waals surface area contributed by atoms with Crippen LogP contribution in [0, 0.1) is 6.92 Å². The van der Waals surface area contributed by atoms with Gasteiger partial charge in [-0.05, 0) is 69.3 Å². The number of aryl methyl sites for hydroxylation is 1. The molecular weight excluding hydrogens is 282 g/mol. The first-order chi connectivity index (χ1) is 11.2. The molecule has 0 atom stereocenters. The Bertz CT molecular complexity index is 778. The lowest BCUT2D eigenvalue weighted by atomic mass is 10.1. The molecule has 1 N–H and O–H groups in total. The molecule has 0 unspecified atom stereocenters. The van der Waals surface area contributed by atoms with E-state index in [2.05, 4.69) is 59.7 Å². The molecule has 1 aromatic carbocycles. The molecule has 0 saturated carbocycles. The normalized spacial score (nSPS) is 15.8. The Balaban J connectivity index is 2.13. The summed E-state index contributed by atoms with van der Waals surface area (Å²) in [6.07, 6.45) is 8.30. The monoisotopic (exact) mass is 307 g/mol. The van der Waals surface area contributed by atoms with E-state index in [0.29, 0.717) is 0 Å². The Hall–Kier alpha value is -2.13. The van der Waals surface area contributed by atoms with Gasteiger partial charge >= 0.3 is 0 Å². The first-order valence-electron chi connectivity index (χ1n) is 8.33. The number of rotatable bonds is 4. The van der Waals surface area contributed by atoms with Crippen molar-refractivity contribution in [2.75, 3.05) is 6.54 Å². The molecule has 23 heavy (non-hydrogen) atoms. The van der Waals surface area contributed by atoms with Crippen LogP contribution in [-0.4, -0.2) is 17.8 Å². The van der Waals surface area contributed by atoms with Crippen molar-refractivity contribution in [1.29, 1.82) is 0 Å². The minimum absolute atomic E-state index is 0.886. The molecule has 3 rings (SSSR count). The van der Waals surface area contributed by atoms with Gasteiger partial charge < -0.3 is 9.88 Å². The third-order valence-corrected chi connectivity index (χ3v) is 4.62. The van der Waals surface area contributed by atoms with Crippen LogP contribution in [0.25, 0.3) is 10.9 Å². The van der Waals surface area contributed by atoms with Crippen LogP contribution in [0.1, 0.15) is 30.2 Å². The molecule has 1 aromatic heterocycles. The van der Waals surface area contributed by atoms with Crippen LogP contribution in [0.3, 0.4) is 0 Å². The number of allylic oxidation sites excluding steroid dienone is 3. The van der Waals surface area contributed by atoms with Gasteiger partial charge in [-0.15, -0.1) is 0 Å². The molecule has 2 aromatic rings. The van der Waals surface area contributed by atoms with Crippen LogP contribution >= 0.6 is 0 Å². The van der Waals surface area contributed by atoms with Crippen molar-refractivity contribution >= 4 is 17.6 Å². The summed E-state index contributed by atoms with van der Waals surface area (Å²) < 4.78 is 2.49. The number of aliphatic imine (C=N–C) groups is 1. The van der Waals surface area contributed by atoms with Gasteiger partial charge in [-0.3, -0.25) is 4.99 Å². The second-order valence-corrected chi connectivity index (χ2v) is 6.17. The Morgan fingerprint density at radius 1 is 1.43 bits per heavy atom. The third-order valence-electron chi connectivity index (χ3n) is 4.62. The number of aromatic nitrogens is 1. The van der Waals surface area contributed by atoms with Gasteiger partial charge in [0.05, 0.1) is 0 Å². The van der Waals surface area contributed by atoms with Crippen molar-refractivity contribution in [3.63, 3.8) is 0 Å². The molecule has 0 aliphatic carbocycles. The molecule has 0 spiro atoms. The number of nitrogens with zero attached hydrogens (tertiary/aromatic N) is 2. The molecule has 1 aliphatic rings. The fraction of sp³-hybridized carbons (Fsp3) is 0.350. The zero-order chi connectivity index (χ0) is 16.2. The minimum Gasteiger partial charge on any atom is -0.340 e. The number of hydrogen-bond donors (Lipinski definition) is 1. The highest BCUT2D eigenvalue weighted by Gasteiger charge is 2.18. The molecule has 2 heterocycles.